The molecule has 11 heteroatoms. The zero-order valence-corrected chi connectivity index (χ0v) is 30.3. The lowest BCUT2D eigenvalue weighted by Gasteiger charge is -2.31. The Morgan fingerprint density at radius 3 is 1.87 bits per heavy atom. The topological polar surface area (TPSA) is 60.7 Å². The van der Waals surface area contributed by atoms with Crippen molar-refractivity contribution >= 4 is 145 Å². The first-order valence-corrected chi connectivity index (χ1v) is 17.1. The van der Waals surface area contributed by atoms with E-state index in [1.165, 1.54) is 0 Å². The molecule has 0 radical (unpaired) electrons. The van der Waals surface area contributed by atoms with E-state index < -0.39 is 5.41 Å². The molecule has 7 rings (SSSR count). The van der Waals surface area contributed by atoms with Crippen LogP contribution < -0.4 is 5.32 Å². The number of halogens is 7. The maximum atomic E-state index is 14.2. The molecule has 1 aliphatic heterocycles. The van der Waals surface area contributed by atoms with Gasteiger partial charge in [0.15, 0.2) is 0 Å². The second-order valence-corrected chi connectivity index (χ2v) is 15.6. The standard InChI is InChI=1S/C27H14Br7N3O/c1-8-21(23-10-3-13(29)16(32)6-19(10)36-25(23)34)22-9-2-12(28)15(31)5-18(9)35-24(22)27(8)11-4-14(30)17(33)7-20(11)37-26(27)38/h2-8,21,35-36H,1H3,(H,37,38). The van der Waals surface area contributed by atoms with E-state index >= 15 is 0 Å². The van der Waals surface area contributed by atoms with Crippen LogP contribution in [-0.2, 0) is 10.2 Å². The van der Waals surface area contributed by atoms with E-state index in [-0.39, 0.29) is 17.7 Å². The van der Waals surface area contributed by atoms with Crippen LogP contribution in [0.2, 0.25) is 0 Å². The fourth-order valence-corrected chi connectivity index (χ4v) is 9.20. The van der Waals surface area contributed by atoms with Crippen LogP contribution in [0.1, 0.15) is 35.2 Å². The molecule has 38 heavy (non-hydrogen) atoms. The third-order valence-corrected chi connectivity index (χ3v) is 14.2. The SMILES string of the molecule is CC1C(c2c(Br)[nH]c3cc(Br)c(Br)cc23)c2c([nH]c3cc(Br)c(Br)cc23)C12C(=O)Nc1cc(Br)c(Br)cc12. The summed E-state index contributed by atoms with van der Waals surface area (Å²) >= 11 is 25.9. The minimum atomic E-state index is -0.897. The number of carbonyl (C=O) groups excluding carboxylic acids is 1. The summed E-state index contributed by atoms with van der Waals surface area (Å²) < 4.78 is 6.59. The molecule has 1 aliphatic carbocycles. The molecule has 3 unspecified atom stereocenters. The second-order valence-electron chi connectivity index (χ2n) is 9.73. The second kappa shape index (κ2) is 9.03. The van der Waals surface area contributed by atoms with Gasteiger partial charge in [0, 0.05) is 71.5 Å². The number of aromatic amines is 2. The van der Waals surface area contributed by atoms with Crippen molar-refractivity contribution in [3.8, 4) is 0 Å². The number of carbonyl (C=O) groups is 1. The van der Waals surface area contributed by atoms with Gasteiger partial charge in [-0.1, -0.05) is 6.92 Å². The Morgan fingerprint density at radius 2 is 1.21 bits per heavy atom. The molecule has 0 fully saturated rings. The molecule has 1 amide bonds. The number of H-pyrrole nitrogens is 2. The van der Waals surface area contributed by atoms with Gasteiger partial charge in [-0.05, 0) is 165 Å². The van der Waals surface area contributed by atoms with E-state index in [4.69, 9.17) is 0 Å². The van der Waals surface area contributed by atoms with Crippen LogP contribution in [0.15, 0.2) is 67.8 Å². The molecular formula is C27H14Br7N3O. The fourth-order valence-electron chi connectivity index (χ4n) is 6.47. The van der Waals surface area contributed by atoms with Crippen molar-refractivity contribution in [3.63, 3.8) is 0 Å². The molecule has 0 bridgehead atoms. The number of benzene rings is 3. The number of hydrogen-bond acceptors (Lipinski definition) is 1. The number of hydrogen-bond donors (Lipinski definition) is 3. The Balaban J connectivity index is 1.62. The maximum Gasteiger partial charge on any atom is 0.241 e. The van der Waals surface area contributed by atoms with E-state index in [0.29, 0.717) is 0 Å². The monoisotopic (exact) mass is 949 g/mol. The van der Waals surface area contributed by atoms with E-state index in [1.54, 1.807) is 0 Å². The molecule has 0 saturated heterocycles. The van der Waals surface area contributed by atoms with Crippen molar-refractivity contribution in [2.24, 2.45) is 5.92 Å². The van der Waals surface area contributed by atoms with Gasteiger partial charge in [0.1, 0.15) is 5.41 Å². The highest BCUT2D eigenvalue weighted by Crippen LogP contribution is 2.63. The Labute approximate surface area is 276 Å². The molecule has 3 N–H and O–H groups in total. The molecule has 5 aromatic rings. The molecule has 4 nitrogen and oxygen atoms in total. The molecule has 3 atom stereocenters. The Morgan fingerprint density at radius 1 is 0.684 bits per heavy atom. The van der Waals surface area contributed by atoms with Gasteiger partial charge in [0.2, 0.25) is 5.91 Å². The first-order valence-electron chi connectivity index (χ1n) is 11.5. The number of amides is 1. The van der Waals surface area contributed by atoms with Gasteiger partial charge < -0.3 is 15.3 Å². The van der Waals surface area contributed by atoms with Crippen molar-refractivity contribution in [1.82, 2.24) is 9.97 Å². The van der Waals surface area contributed by atoms with Crippen molar-refractivity contribution in [3.05, 3.63) is 90.2 Å². The predicted octanol–water partition coefficient (Wildman–Crippen LogP) is 11.0. The van der Waals surface area contributed by atoms with Gasteiger partial charge in [0.25, 0.3) is 0 Å². The summed E-state index contributed by atoms with van der Waals surface area (Å²) in [5.74, 6) is -0.192. The summed E-state index contributed by atoms with van der Waals surface area (Å²) in [7, 11) is 0. The number of rotatable bonds is 1. The third kappa shape index (κ3) is 3.41. The number of fused-ring (bicyclic) bond motifs is 7. The quantitative estimate of drug-likeness (QED) is 0.154. The summed E-state index contributed by atoms with van der Waals surface area (Å²) in [6.45, 7) is 2.20. The van der Waals surface area contributed by atoms with Gasteiger partial charge in [-0.2, -0.15) is 0 Å². The molecule has 192 valence electrons. The Hall–Kier alpha value is -0.430. The average molecular weight is 956 g/mol. The van der Waals surface area contributed by atoms with Crippen LogP contribution in [-0.4, -0.2) is 15.9 Å². The van der Waals surface area contributed by atoms with Crippen molar-refractivity contribution in [1.29, 1.82) is 0 Å². The summed E-state index contributed by atoms with van der Waals surface area (Å²) in [6, 6.07) is 12.5. The zero-order valence-electron chi connectivity index (χ0n) is 19.2. The highest BCUT2D eigenvalue weighted by Gasteiger charge is 2.62. The minimum Gasteiger partial charge on any atom is -0.357 e. The maximum absolute atomic E-state index is 14.2. The summed E-state index contributed by atoms with van der Waals surface area (Å²) in [5, 5.41) is 5.41. The van der Waals surface area contributed by atoms with E-state index in [9.17, 15) is 4.79 Å². The predicted molar refractivity (Wildman–Crippen MR) is 177 cm³/mol. The zero-order chi connectivity index (χ0) is 26.8. The van der Waals surface area contributed by atoms with Crippen LogP contribution in [0.25, 0.3) is 21.8 Å². The lowest BCUT2D eigenvalue weighted by atomic mass is 9.69. The van der Waals surface area contributed by atoms with Crippen LogP contribution in [0.4, 0.5) is 5.69 Å². The number of nitrogens with one attached hydrogen (secondary N) is 3. The molecule has 1 spiro atoms. The average Bonchev–Trinajstić information content (AvgIpc) is 3.51. The van der Waals surface area contributed by atoms with Crippen LogP contribution in [0, 0.1) is 5.92 Å². The van der Waals surface area contributed by atoms with Crippen molar-refractivity contribution < 1.29 is 4.79 Å². The largest absolute Gasteiger partial charge is 0.357 e. The van der Waals surface area contributed by atoms with Gasteiger partial charge in [-0.25, -0.2) is 0 Å². The lowest BCUT2D eigenvalue weighted by Crippen LogP contribution is -2.40. The Bertz CT molecular complexity index is 1890. The molecule has 2 aliphatic rings. The molecule has 0 saturated carbocycles. The first-order chi connectivity index (χ1) is 18.0. The molecular weight excluding hydrogens is 942 g/mol. The lowest BCUT2D eigenvalue weighted by molar-refractivity contribution is -0.120. The summed E-state index contributed by atoms with van der Waals surface area (Å²) in [4.78, 5) is 21.5. The number of anilines is 1. The molecule has 2 aromatic heterocycles. The fraction of sp³-hybridized carbons (Fsp3) is 0.148. The van der Waals surface area contributed by atoms with Gasteiger partial charge in [0.05, 0.1) is 4.60 Å². The van der Waals surface area contributed by atoms with Gasteiger partial charge in [-0.3, -0.25) is 4.79 Å². The highest BCUT2D eigenvalue weighted by atomic mass is 79.9. The van der Waals surface area contributed by atoms with E-state index in [0.717, 1.165) is 81.3 Å². The van der Waals surface area contributed by atoms with E-state index in [1.807, 2.05) is 6.07 Å². The summed E-state index contributed by atoms with van der Waals surface area (Å²) in [6.07, 6.45) is 0. The number of aromatic nitrogens is 2. The normalized spacial score (nSPS) is 22.1. The highest BCUT2D eigenvalue weighted by molar-refractivity contribution is 9.13. The Kier molecular flexibility index (Phi) is 6.29. The van der Waals surface area contributed by atoms with E-state index in [2.05, 4.69) is 164 Å². The van der Waals surface area contributed by atoms with Gasteiger partial charge >= 0.3 is 0 Å². The van der Waals surface area contributed by atoms with Crippen molar-refractivity contribution in [2.75, 3.05) is 5.32 Å². The van der Waals surface area contributed by atoms with Crippen LogP contribution >= 0.6 is 112 Å². The molecule has 3 heterocycles. The van der Waals surface area contributed by atoms with Crippen LogP contribution in [0.5, 0.6) is 0 Å². The smallest absolute Gasteiger partial charge is 0.241 e. The van der Waals surface area contributed by atoms with Crippen LogP contribution in [0.3, 0.4) is 0 Å². The first kappa shape index (κ1) is 26.5. The minimum absolute atomic E-state index is 0.0154. The molecule has 3 aromatic carbocycles. The van der Waals surface area contributed by atoms with Gasteiger partial charge in [-0.15, -0.1) is 0 Å². The summed E-state index contributed by atoms with van der Waals surface area (Å²) in [5.41, 5.74) is 6.12. The third-order valence-electron chi connectivity index (χ3n) is 8.00. The van der Waals surface area contributed by atoms with Crippen molar-refractivity contribution in [2.45, 2.75) is 18.3 Å².